The van der Waals surface area contributed by atoms with Crippen molar-refractivity contribution in [2.45, 2.75) is 0 Å². The Balaban J connectivity index is 3.19. The summed E-state index contributed by atoms with van der Waals surface area (Å²) in [6.45, 7) is 0. The van der Waals surface area contributed by atoms with E-state index in [1.807, 2.05) is 2.78 Å². The van der Waals surface area contributed by atoms with Crippen molar-refractivity contribution in [3.8, 4) is 0 Å². The first kappa shape index (κ1) is 7.44. The SMILES string of the molecule is Ic1nnc(I)n1I. The standard InChI is InChI=1S/C2I3N3/c3-1-6-7-2(4)8(1)5. The summed E-state index contributed by atoms with van der Waals surface area (Å²) in [6, 6.07) is 0. The van der Waals surface area contributed by atoms with Crippen LogP contribution in [0.4, 0.5) is 0 Å². The summed E-state index contributed by atoms with van der Waals surface area (Å²) in [7, 11) is 0. The minimum Gasteiger partial charge on any atom is -0.237 e. The van der Waals surface area contributed by atoms with Crippen LogP contribution >= 0.6 is 68.0 Å². The van der Waals surface area contributed by atoms with Crippen LogP contribution in [0, 0.1) is 7.66 Å². The molecular formula is C2I3N3. The average Bonchev–Trinajstić information content (AvgIpc) is 1.98. The molecule has 8 heavy (non-hydrogen) atoms. The van der Waals surface area contributed by atoms with Gasteiger partial charge in [-0.15, -0.1) is 10.2 Å². The lowest BCUT2D eigenvalue weighted by Gasteiger charge is -1.84. The van der Waals surface area contributed by atoms with E-state index in [9.17, 15) is 0 Å². The summed E-state index contributed by atoms with van der Waals surface area (Å²) in [5, 5.41) is 7.60. The number of aromatic nitrogens is 3. The Morgan fingerprint density at radius 2 is 1.50 bits per heavy atom. The van der Waals surface area contributed by atoms with Gasteiger partial charge in [-0.05, 0) is 0 Å². The normalized spacial score (nSPS) is 9.88. The first-order chi connectivity index (χ1) is 3.72. The monoisotopic (exact) mass is 447 g/mol. The zero-order valence-corrected chi connectivity index (χ0v) is 9.95. The van der Waals surface area contributed by atoms with Crippen molar-refractivity contribution in [2.24, 2.45) is 0 Å². The fourth-order valence-corrected chi connectivity index (χ4v) is 1.56. The topological polar surface area (TPSA) is 30.7 Å². The number of rotatable bonds is 0. The fourth-order valence-electron chi connectivity index (χ4n) is 0.237. The summed E-state index contributed by atoms with van der Waals surface area (Å²) >= 11 is 6.39. The van der Waals surface area contributed by atoms with Crippen LogP contribution in [0.25, 0.3) is 0 Å². The van der Waals surface area contributed by atoms with Crippen LogP contribution in [0.3, 0.4) is 0 Å². The van der Waals surface area contributed by atoms with Gasteiger partial charge >= 0.3 is 0 Å². The third kappa shape index (κ3) is 1.43. The van der Waals surface area contributed by atoms with E-state index in [0.717, 1.165) is 7.66 Å². The molecule has 0 aliphatic heterocycles. The van der Waals surface area contributed by atoms with Gasteiger partial charge in [0.05, 0.1) is 22.9 Å². The van der Waals surface area contributed by atoms with Crippen molar-refractivity contribution >= 4 is 68.0 Å². The Hall–Kier alpha value is 1.33. The smallest absolute Gasteiger partial charge is 0.204 e. The minimum absolute atomic E-state index is 0.910. The molecule has 0 aromatic carbocycles. The summed E-state index contributed by atoms with van der Waals surface area (Å²) in [6.07, 6.45) is 0. The molecule has 0 radical (unpaired) electrons. The molecule has 1 rings (SSSR count). The molecule has 1 heterocycles. The maximum Gasteiger partial charge on any atom is 0.204 e. The molecule has 3 nitrogen and oxygen atoms in total. The predicted octanol–water partition coefficient (Wildman–Crippen LogP) is 1.69. The number of hydrogen-bond donors (Lipinski definition) is 0. The Bertz CT molecular complexity index is 175. The highest BCUT2D eigenvalue weighted by atomic mass is 127. The third-order valence-electron chi connectivity index (χ3n) is 0.539. The second-order valence-electron chi connectivity index (χ2n) is 1.02. The Morgan fingerprint density at radius 1 is 1.12 bits per heavy atom. The van der Waals surface area contributed by atoms with Crippen LogP contribution < -0.4 is 0 Å². The van der Waals surface area contributed by atoms with Gasteiger partial charge in [-0.25, -0.2) is 2.78 Å². The molecule has 0 saturated heterocycles. The van der Waals surface area contributed by atoms with Crippen molar-refractivity contribution in [1.29, 1.82) is 0 Å². The van der Waals surface area contributed by atoms with E-state index in [0.29, 0.717) is 0 Å². The quantitative estimate of drug-likeness (QED) is 0.568. The van der Waals surface area contributed by atoms with E-state index >= 15 is 0 Å². The van der Waals surface area contributed by atoms with Gasteiger partial charge in [0.25, 0.3) is 0 Å². The Labute approximate surface area is 87.4 Å². The summed E-state index contributed by atoms with van der Waals surface area (Å²) < 4.78 is 3.71. The molecule has 0 amide bonds. The van der Waals surface area contributed by atoms with Crippen LogP contribution in [0.15, 0.2) is 0 Å². The van der Waals surface area contributed by atoms with Crippen molar-refractivity contribution in [3.05, 3.63) is 7.66 Å². The van der Waals surface area contributed by atoms with Gasteiger partial charge in [-0.3, -0.25) is 0 Å². The van der Waals surface area contributed by atoms with Gasteiger partial charge in [-0.2, -0.15) is 0 Å². The highest BCUT2D eigenvalue weighted by Gasteiger charge is 2.00. The van der Waals surface area contributed by atoms with Gasteiger partial charge in [0, 0.05) is 45.2 Å². The van der Waals surface area contributed by atoms with Gasteiger partial charge in [-0.1, -0.05) is 0 Å². The molecule has 0 bridgehead atoms. The third-order valence-corrected chi connectivity index (χ3v) is 4.70. The van der Waals surface area contributed by atoms with Crippen molar-refractivity contribution < 1.29 is 0 Å². The zero-order valence-electron chi connectivity index (χ0n) is 3.48. The number of halogens is 3. The molecule has 6 heteroatoms. The molecule has 0 spiro atoms. The Morgan fingerprint density at radius 3 is 1.62 bits per heavy atom. The molecule has 0 saturated carbocycles. The molecule has 0 fully saturated rings. The maximum absolute atomic E-state index is 3.80. The summed E-state index contributed by atoms with van der Waals surface area (Å²) in [4.78, 5) is 0. The van der Waals surface area contributed by atoms with Crippen LogP contribution in [0.5, 0.6) is 0 Å². The first-order valence-electron chi connectivity index (χ1n) is 1.64. The van der Waals surface area contributed by atoms with E-state index in [1.54, 1.807) is 0 Å². The Kier molecular flexibility index (Phi) is 2.74. The van der Waals surface area contributed by atoms with Crippen LogP contribution in [-0.4, -0.2) is 13.0 Å². The molecule has 1 aromatic heterocycles. The average molecular weight is 447 g/mol. The lowest BCUT2D eigenvalue weighted by Crippen LogP contribution is -1.83. The van der Waals surface area contributed by atoms with Gasteiger partial charge in [0.1, 0.15) is 0 Å². The highest BCUT2D eigenvalue weighted by molar-refractivity contribution is 14.1. The van der Waals surface area contributed by atoms with E-state index in [1.165, 1.54) is 0 Å². The predicted molar refractivity (Wildman–Crippen MR) is 54.9 cm³/mol. The summed E-state index contributed by atoms with van der Waals surface area (Å²) in [5.74, 6) is 0. The number of nitrogens with zero attached hydrogens (tertiary/aromatic N) is 3. The van der Waals surface area contributed by atoms with E-state index in [2.05, 4.69) is 78.2 Å². The largest absolute Gasteiger partial charge is 0.237 e. The fraction of sp³-hybridized carbons (Fsp3) is 0. The van der Waals surface area contributed by atoms with E-state index in [-0.39, 0.29) is 0 Å². The first-order valence-corrected chi connectivity index (χ1v) is 4.76. The maximum atomic E-state index is 3.80. The molecule has 0 atom stereocenters. The second kappa shape index (κ2) is 2.94. The summed E-state index contributed by atoms with van der Waals surface area (Å²) in [5.41, 5.74) is 0. The molecular weight excluding hydrogens is 447 g/mol. The zero-order chi connectivity index (χ0) is 6.15. The molecule has 1 aromatic rings. The molecule has 44 valence electrons. The molecule has 0 unspecified atom stereocenters. The molecule has 0 aliphatic rings. The van der Waals surface area contributed by atoms with Crippen LogP contribution in [0.2, 0.25) is 0 Å². The number of hydrogen-bond acceptors (Lipinski definition) is 2. The second-order valence-corrected chi connectivity index (χ2v) is 3.91. The van der Waals surface area contributed by atoms with Gasteiger partial charge in [0.15, 0.2) is 0 Å². The van der Waals surface area contributed by atoms with Crippen molar-refractivity contribution in [3.63, 3.8) is 0 Å². The van der Waals surface area contributed by atoms with Crippen LogP contribution in [-0.2, 0) is 0 Å². The minimum atomic E-state index is 0.910. The van der Waals surface area contributed by atoms with Crippen LogP contribution in [0.1, 0.15) is 0 Å². The lowest BCUT2D eigenvalue weighted by molar-refractivity contribution is 1.05. The lowest BCUT2D eigenvalue weighted by atomic mass is 11.3. The van der Waals surface area contributed by atoms with E-state index < -0.39 is 0 Å². The van der Waals surface area contributed by atoms with Crippen molar-refractivity contribution in [2.75, 3.05) is 0 Å². The van der Waals surface area contributed by atoms with Gasteiger partial charge < -0.3 is 0 Å². The van der Waals surface area contributed by atoms with Crippen molar-refractivity contribution in [1.82, 2.24) is 13.0 Å². The van der Waals surface area contributed by atoms with Gasteiger partial charge in [0.2, 0.25) is 7.66 Å². The van der Waals surface area contributed by atoms with E-state index in [4.69, 9.17) is 0 Å². The molecule has 0 N–H and O–H groups in total. The molecule has 0 aliphatic carbocycles. The highest BCUT2D eigenvalue weighted by Crippen LogP contribution is 2.09.